The van der Waals surface area contributed by atoms with E-state index in [4.69, 9.17) is 5.11 Å². The number of carboxylic acids is 1. The quantitative estimate of drug-likeness (QED) is 0.904. The van der Waals surface area contributed by atoms with Crippen molar-refractivity contribution in [2.45, 2.75) is 25.3 Å². The van der Waals surface area contributed by atoms with Gasteiger partial charge in [0.1, 0.15) is 0 Å². The Bertz CT molecular complexity index is 499. The van der Waals surface area contributed by atoms with E-state index in [1.807, 2.05) is 35.2 Å². The minimum Gasteiger partial charge on any atom is -0.481 e. The van der Waals surface area contributed by atoms with Crippen molar-refractivity contribution in [3.05, 3.63) is 35.9 Å². The number of amides is 1. The summed E-state index contributed by atoms with van der Waals surface area (Å²) in [5, 5.41) is 9.04. The Kier molecular flexibility index (Phi) is 3.01. The summed E-state index contributed by atoms with van der Waals surface area (Å²) in [7, 11) is 0. The van der Waals surface area contributed by atoms with E-state index >= 15 is 0 Å². The lowest BCUT2D eigenvalue weighted by atomic mass is 9.72. The Morgan fingerprint density at radius 3 is 2.21 bits per heavy atom. The first-order chi connectivity index (χ1) is 9.18. The molecule has 1 saturated carbocycles. The average molecular weight is 259 g/mol. The highest BCUT2D eigenvalue weighted by atomic mass is 16.4. The van der Waals surface area contributed by atoms with Gasteiger partial charge >= 0.3 is 5.97 Å². The number of carbonyl (C=O) groups excluding carboxylic acids is 1. The van der Waals surface area contributed by atoms with Gasteiger partial charge in [0.15, 0.2) is 0 Å². The van der Waals surface area contributed by atoms with E-state index in [1.54, 1.807) is 0 Å². The van der Waals surface area contributed by atoms with E-state index in [2.05, 4.69) is 0 Å². The molecule has 19 heavy (non-hydrogen) atoms. The zero-order valence-corrected chi connectivity index (χ0v) is 10.7. The first-order valence-electron chi connectivity index (χ1n) is 6.76. The third-order valence-electron chi connectivity index (χ3n) is 4.40. The summed E-state index contributed by atoms with van der Waals surface area (Å²) >= 11 is 0. The molecule has 1 saturated heterocycles. The SMILES string of the molecule is O=C(O)C1CCC1C(=O)N1CCC1c1ccccc1. The van der Waals surface area contributed by atoms with Crippen LogP contribution < -0.4 is 0 Å². The van der Waals surface area contributed by atoms with Crippen molar-refractivity contribution in [1.82, 2.24) is 4.90 Å². The Hall–Kier alpha value is -1.84. The van der Waals surface area contributed by atoms with E-state index in [0.29, 0.717) is 12.8 Å². The molecule has 2 aliphatic rings. The molecule has 1 aromatic carbocycles. The Morgan fingerprint density at radius 1 is 1.05 bits per heavy atom. The van der Waals surface area contributed by atoms with Gasteiger partial charge < -0.3 is 10.0 Å². The molecule has 0 radical (unpaired) electrons. The van der Waals surface area contributed by atoms with Crippen molar-refractivity contribution in [2.24, 2.45) is 11.8 Å². The number of aliphatic carboxylic acids is 1. The van der Waals surface area contributed by atoms with Gasteiger partial charge in [0.05, 0.1) is 17.9 Å². The van der Waals surface area contributed by atoms with Crippen LogP contribution in [0.4, 0.5) is 0 Å². The van der Waals surface area contributed by atoms with Crippen molar-refractivity contribution in [3.63, 3.8) is 0 Å². The molecular formula is C15H17NO3. The van der Waals surface area contributed by atoms with Crippen molar-refractivity contribution < 1.29 is 14.7 Å². The maximum absolute atomic E-state index is 12.4. The highest BCUT2D eigenvalue weighted by molar-refractivity contribution is 5.87. The van der Waals surface area contributed by atoms with Crippen LogP contribution in [0.2, 0.25) is 0 Å². The highest BCUT2D eigenvalue weighted by Crippen LogP contribution is 2.41. The van der Waals surface area contributed by atoms with Gasteiger partial charge in [-0.3, -0.25) is 9.59 Å². The number of hydrogen-bond donors (Lipinski definition) is 1. The van der Waals surface area contributed by atoms with Crippen LogP contribution in [0, 0.1) is 11.8 Å². The molecule has 1 amide bonds. The molecule has 1 aliphatic heterocycles. The Morgan fingerprint density at radius 2 is 1.74 bits per heavy atom. The van der Waals surface area contributed by atoms with E-state index in [-0.39, 0.29) is 17.9 Å². The summed E-state index contributed by atoms with van der Waals surface area (Å²) in [5.41, 5.74) is 1.15. The fourth-order valence-corrected chi connectivity index (χ4v) is 2.98. The molecule has 1 aromatic rings. The lowest BCUT2D eigenvalue weighted by Crippen LogP contribution is -2.52. The third-order valence-corrected chi connectivity index (χ3v) is 4.40. The van der Waals surface area contributed by atoms with Gasteiger partial charge in [-0.05, 0) is 24.8 Å². The number of hydrogen-bond acceptors (Lipinski definition) is 2. The minimum absolute atomic E-state index is 0.0266. The summed E-state index contributed by atoms with van der Waals surface area (Å²) in [6, 6.07) is 10.1. The van der Waals surface area contributed by atoms with Crippen LogP contribution in [0.25, 0.3) is 0 Å². The maximum Gasteiger partial charge on any atom is 0.307 e. The summed E-state index contributed by atoms with van der Waals surface area (Å²) < 4.78 is 0. The number of nitrogens with zero attached hydrogens (tertiary/aromatic N) is 1. The molecule has 0 bridgehead atoms. The summed E-state index contributed by atoms with van der Waals surface area (Å²) in [4.78, 5) is 25.2. The lowest BCUT2D eigenvalue weighted by Gasteiger charge is -2.46. The van der Waals surface area contributed by atoms with Gasteiger partial charge in [-0.2, -0.15) is 0 Å². The second-order valence-electron chi connectivity index (χ2n) is 5.38. The van der Waals surface area contributed by atoms with Gasteiger partial charge in [0, 0.05) is 6.54 Å². The van der Waals surface area contributed by atoms with E-state index in [0.717, 1.165) is 18.5 Å². The van der Waals surface area contributed by atoms with E-state index in [9.17, 15) is 9.59 Å². The zero-order chi connectivity index (χ0) is 13.4. The second-order valence-corrected chi connectivity index (χ2v) is 5.38. The number of carbonyl (C=O) groups is 2. The summed E-state index contributed by atoms with van der Waals surface area (Å²) in [6.07, 6.45) is 2.32. The topological polar surface area (TPSA) is 57.6 Å². The average Bonchev–Trinajstić information content (AvgIpc) is 2.26. The summed E-state index contributed by atoms with van der Waals surface area (Å²) in [5.74, 6) is -1.58. The lowest BCUT2D eigenvalue weighted by molar-refractivity contribution is -0.160. The van der Waals surface area contributed by atoms with Crippen LogP contribution in [0.15, 0.2) is 30.3 Å². The predicted molar refractivity (Wildman–Crippen MR) is 69.4 cm³/mol. The number of benzene rings is 1. The fourth-order valence-electron chi connectivity index (χ4n) is 2.98. The largest absolute Gasteiger partial charge is 0.481 e. The molecule has 3 atom stereocenters. The number of carboxylic acid groups (broad SMARTS) is 1. The molecule has 1 aliphatic carbocycles. The van der Waals surface area contributed by atoms with Crippen LogP contribution >= 0.6 is 0 Å². The molecule has 2 fully saturated rings. The van der Waals surface area contributed by atoms with Crippen molar-refractivity contribution in [2.75, 3.05) is 6.54 Å². The molecule has 3 unspecified atom stereocenters. The highest BCUT2D eigenvalue weighted by Gasteiger charge is 2.46. The van der Waals surface area contributed by atoms with Gasteiger partial charge in [-0.25, -0.2) is 0 Å². The van der Waals surface area contributed by atoms with E-state index in [1.165, 1.54) is 0 Å². The van der Waals surface area contributed by atoms with Crippen LogP contribution in [0.1, 0.15) is 30.9 Å². The molecule has 4 heteroatoms. The predicted octanol–water partition coefficient (Wildman–Crippen LogP) is 2.07. The second kappa shape index (κ2) is 4.68. The van der Waals surface area contributed by atoms with Crippen LogP contribution in [0.5, 0.6) is 0 Å². The third kappa shape index (κ3) is 2.01. The Labute approximate surface area is 112 Å². The van der Waals surface area contributed by atoms with Crippen LogP contribution in [0.3, 0.4) is 0 Å². The maximum atomic E-state index is 12.4. The number of rotatable bonds is 3. The first kappa shape index (κ1) is 12.2. The van der Waals surface area contributed by atoms with Crippen molar-refractivity contribution >= 4 is 11.9 Å². The fraction of sp³-hybridized carbons (Fsp3) is 0.467. The van der Waals surface area contributed by atoms with Crippen LogP contribution in [-0.2, 0) is 9.59 Å². The molecular weight excluding hydrogens is 242 g/mol. The van der Waals surface area contributed by atoms with Crippen LogP contribution in [-0.4, -0.2) is 28.4 Å². The van der Waals surface area contributed by atoms with Gasteiger partial charge in [-0.1, -0.05) is 30.3 Å². The number of likely N-dealkylation sites (tertiary alicyclic amines) is 1. The zero-order valence-electron chi connectivity index (χ0n) is 10.7. The molecule has 1 N–H and O–H groups in total. The van der Waals surface area contributed by atoms with Gasteiger partial charge in [0.25, 0.3) is 0 Å². The monoisotopic (exact) mass is 259 g/mol. The standard InChI is InChI=1S/C15H17NO3/c17-14(11-6-7-12(11)15(18)19)16-9-8-13(16)10-4-2-1-3-5-10/h1-5,11-13H,6-9H2,(H,18,19). The van der Waals surface area contributed by atoms with Crippen molar-refractivity contribution in [3.8, 4) is 0 Å². The van der Waals surface area contributed by atoms with Gasteiger partial charge in [-0.15, -0.1) is 0 Å². The molecule has 100 valence electrons. The molecule has 0 aromatic heterocycles. The molecule has 4 nitrogen and oxygen atoms in total. The minimum atomic E-state index is -0.832. The first-order valence-corrected chi connectivity index (χ1v) is 6.76. The summed E-state index contributed by atoms with van der Waals surface area (Å²) in [6.45, 7) is 0.751. The molecule has 1 heterocycles. The van der Waals surface area contributed by atoms with Crippen molar-refractivity contribution in [1.29, 1.82) is 0 Å². The van der Waals surface area contributed by atoms with E-state index < -0.39 is 11.9 Å². The molecule has 3 rings (SSSR count). The normalized spacial score (nSPS) is 29.3. The molecule has 0 spiro atoms. The smallest absolute Gasteiger partial charge is 0.307 e. The van der Waals surface area contributed by atoms with Gasteiger partial charge in [0.2, 0.25) is 5.91 Å². The Balaban J connectivity index is 1.70.